The van der Waals surface area contributed by atoms with Gasteiger partial charge in [0.1, 0.15) is 30.4 Å². The number of ether oxygens (including phenoxy) is 1. The number of hydrogen-bond acceptors (Lipinski definition) is 9. The highest BCUT2D eigenvalue weighted by Crippen LogP contribution is 2.24. The summed E-state index contributed by atoms with van der Waals surface area (Å²) >= 11 is 0. The number of nitrogens with two attached hydrogens (primary N) is 1. The monoisotopic (exact) mass is 490 g/mol. The normalized spacial score (nSPS) is 14.5. The van der Waals surface area contributed by atoms with Crippen LogP contribution in [0.2, 0.25) is 0 Å². The number of aromatic nitrogens is 4. The molecular weight excluding hydrogens is 463 g/mol. The SMILES string of the molecule is Nc1ncnc(Nc2ccc3c(cnn3Cc3cccc(F)c3)c2)c1C=NOCCN1CCOCC1. The molecule has 0 atom stereocenters. The van der Waals surface area contributed by atoms with Gasteiger partial charge < -0.3 is 20.6 Å². The minimum absolute atomic E-state index is 0.263. The first-order valence-corrected chi connectivity index (χ1v) is 11.7. The third kappa shape index (κ3) is 5.75. The Morgan fingerprint density at radius 1 is 1.17 bits per heavy atom. The fourth-order valence-electron chi connectivity index (χ4n) is 4.01. The van der Waals surface area contributed by atoms with Crippen LogP contribution in [0.5, 0.6) is 0 Å². The number of nitrogens with one attached hydrogen (secondary N) is 1. The second-order valence-corrected chi connectivity index (χ2v) is 8.37. The summed E-state index contributed by atoms with van der Waals surface area (Å²) < 4.78 is 20.7. The molecular formula is C25H27FN8O2. The number of anilines is 3. The summed E-state index contributed by atoms with van der Waals surface area (Å²) in [5, 5.41) is 12.7. The molecule has 186 valence electrons. The van der Waals surface area contributed by atoms with E-state index in [1.54, 1.807) is 12.3 Å². The van der Waals surface area contributed by atoms with Gasteiger partial charge in [0.15, 0.2) is 0 Å². The quantitative estimate of drug-likeness (QED) is 0.209. The zero-order valence-electron chi connectivity index (χ0n) is 19.7. The number of fused-ring (bicyclic) bond motifs is 1. The molecule has 4 aromatic rings. The van der Waals surface area contributed by atoms with E-state index < -0.39 is 0 Å². The molecule has 0 amide bonds. The fourth-order valence-corrected chi connectivity index (χ4v) is 4.01. The number of halogens is 1. The van der Waals surface area contributed by atoms with Gasteiger partial charge in [-0.05, 0) is 35.9 Å². The lowest BCUT2D eigenvalue weighted by Gasteiger charge is -2.25. The van der Waals surface area contributed by atoms with Crippen molar-refractivity contribution >= 4 is 34.4 Å². The molecule has 5 rings (SSSR count). The van der Waals surface area contributed by atoms with Gasteiger partial charge in [-0.1, -0.05) is 17.3 Å². The Kier molecular flexibility index (Phi) is 7.29. The van der Waals surface area contributed by atoms with Gasteiger partial charge in [0.2, 0.25) is 0 Å². The van der Waals surface area contributed by atoms with Gasteiger partial charge in [0, 0.05) is 30.7 Å². The highest BCUT2D eigenvalue weighted by Gasteiger charge is 2.11. The Morgan fingerprint density at radius 2 is 2.06 bits per heavy atom. The lowest BCUT2D eigenvalue weighted by molar-refractivity contribution is 0.0214. The highest BCUT2D eigenvalue weighted by molar-refractivity contribution is 5.93. The first-order chi connectivity index (χ1) is 17.7. The maximum atomic E-state index is 13.5. The van der Waals surface area contributed by atoms with Gasteiger partial charge >= 0.3 is 0 Å². The van der Waals surface area contributed by atoms with Gasteiger partial charge in [-0.2, -0.15) is 5.10 Å². The van der Waals surface area contributed by atoms with Crippen molar-refractivity contribution in [1.82, 2.24) is 24.6 Å². The summed E-state index contributed by atoms with van der Waals surface area (Å²) in [6.45, 7) is 5.00. The minimum atomic E-state index is -0.263. The topological polar surface area (TPSA) is 116 Å². The van der Waals surface area contributed by atoms with Crippen LogP contribution in [0.15, 0.2) is 60.1 Å². The predicted molar refractivity (Wildman–Crippen MR) is 136 cm³/mol. The van der Waals surface area contributed by atoms with Crippen molar-refractivity contribution < 1.29 is 14.0 Å². The minimum Gasteiger partial charge on any atom is -0.394 e. The van der Waals surface area contributed by atoms with E-state index in [2.05, 4.69) is 30.4 Å². The second kappa shape index (κ2) is 11.1. The van der Waals surface area contributed by atoms with Crippen molar-refractivity contribution in [3.63, 3.8) is 0 Å². The van der Waals surface area contributed by atoms with Crippen LogP contribution < -0.4 is 11.1 Å². The first kappa shape index (κ1) is 23.6. The van der Waals surface area contributed by atoms with E-state index in [1.165, 1.54) is 24.7 Å². The molecule has 3 heterocycles. The molecule has 2 aromatic carbocycles. The van der Waals surface area contributed by atoms with Crippen molar-refractivity contribution in [2.24, 2.45) is 5.16 Å². The average Bonchev–Trinajstić information content (AvgIpc) is 3.28. The van der Waals surface area contributed by atoms with E-state index in [9.17, 15) is 4.39 Å². The van der Waals surface area contributed by atoms with Crippen LogP contribution in [-0.2, 0) is 16.1 Å². The van der Waals surface area contributed by atoms with E-state index in [1.807, 2.05) is 28.9 Å². The van der Waals surface area contributed by atoms with E-state index >= 15 is 0 Å². The van der Waals surface area contributed by atoms with Crippen LogP contribution in [0.25, 0.3) is 10.9 Å². The molecule has 1 fully saturated rings. The number of rotatable bonds is 9. The molecule has 0 saturated carbocycles. The third-order valence-electron chi connectivity index (χ3n) is 5.90. The molecule has 3 N–H and O–H groups in total. The van der Waals surface area contributed by atoms with E-state index in [0.717, 1.165) is 55.0 Å². The predicted octanol–water partition coefficient (Wildman–Crippen LogP) is 3.02. The molecule has 0 unspecified atom stereocenters. The number of hydrogen-bond donors (Lipinski definition) is 2. The highest BCUT2D eigenvalue weighted by atomic mass is 19.1. The van der Waals surface area contributed by atoms with E-state index in [4.69, 9.17) is 15.3 Å². The van der Waals surface area contributed by atoms with Crippen molar-refractivity contribution in [2.45, 2.75) is 6.54 Å². The summed E-state index contributed by atoms with van der Waals surface area (Å²) in [4.78, 5) is 16.1. The maximum absolute atomic E-state index is 13.5. The zero-order chi connectivity index (χ0) is 24.7. The van der Waals surface area contributed by atoms with Crippen molar-refractivity contribution in [1.29, 1.82) is 0 Å². The van der Waals surface area contributed by atoms with Crippen molar-refractivity contribution in [3.05, 3.63) is 71.9 Å². The summed E-state index contributed by atoms with van der Waals surface area (Å²) in [6, 6.07) is 12.4. The Hall–Kier alpha value is -4.09. The molecule has 11 heteroatoms. The summed E-state index contributed by atoms with van der Waals surface area (Å²) in [5.41, 5.74) is 9.19. The van der Waals surface area contributed by atoms with Crippen LogP contribution in [0.3, 0.4) is 0 Å². The van der Waals surface area contributed by atoms with Gasteiger partial charge in [-0.25, -0.2) is 14.4 Å². The molecule has 0 spiro atoms. The number of nitrogen functional groups attached to an aromatic ring is 1. The summed E-state index contributed by atoms with van der Waals surface area (Å²) in [7, 11) is 0. The van der Waals surface area contributed by atoms with E-state index in [0.29, 0.717) is 24.5 Å². The molecule has 36 heavy (non-hydrogen) atoms. The Bertz CT molecular complexity index is 1350. The maximum Gasteiger partial charge on any atom is 0.144 e. The van der Waals surface area contributed by atoms with Crippen molar-refractivity contribution in [3.8, 4) is 0 Å². The van der Waals surface area contributed by atoms with Gasteiger partial charge in [-0.3, -0.25) is 9.58 Å². The average molecular weight is 491 g/mol. The Balaban J connectivity index is 1.26. The van der Waals surface area contributed by atoms with Gasteiger partial charge in [-0.15, -0.1) is 0 Å². The van der Waals surface area contributed by atoms with Gasteiger partial charge in [0.05, 0.1) is 43.3 Å². The molecule has 2 aromatic heterocycles. The molecule has 0 bridgehead atoms. The fraction of sp³-hybridized carbons (Fsp3) is 0.280. The van der Waals surface area contributed by atoms with E-state index in [-0.39, 0.29) is 11.6 Å². The smallest absolute Gasteiger partial charge is 0.144 e. The largest absolute Gasteiger partial charge is 0.394 e. The van der Waals surface area contributed by atoms with Crippen LogP contribution in [0.1, 0.15) is 11.1 Å². The number of morpholine rings is 1. The molecule has 1 aliphatic rings. The van der Waals surface area contributed by atoms with Crippen LogP contribution in [-0.4, -0.2) is 70.3 Å². The third-order valence-corrected chi connectivity index (χ3v) is 5.90. The lowest BCUT2D eigenvalue weighted by Crippen LogP contribution is -2.38. The Morgan fingerprint density at radius 3 is 2.92 bits per heavy atom. The van der Waals surface area contributed by atoms with Crippen molar-refractivity contribution in [2.75, 3.05) is 50.5 Å². The summed E-state index contributed by atoms with van der Waals surface area (Å²) in [6.07, 6.45) is 4.69. The first-order valence-electron chi connectivity index (χ1n) is 11.7. The Labute approximate surface area is 207 Å². The van der Waals surface area contributed by atoms with Crippen LogP contribution >= 0.6 is 0 Å². The molecule has 10 nitrogen and oxygen atoms in total. The number of oxime groups is 1. The second-order valence-electron chi connectivity index (χ2n) is 8.37. The number of nitrogens with zero attached hydrogens (tertiary/aromatic N) is 6. The zero-order valence-corrected chi connectivity index (χ0v) is 19.7. The van der Waals surface area contributed by atoms with Crippen LogP contribution in [0.4, 0.5) is 21.7 Å². The summed E-state index contributed by atoms with van der Waals surface area (Å²) in [5.74, 6) is 0.535. The molecule has 0 radical (unpaired) electrons. The molecule has 1 saturated heterocycles. The lowest BCUT2D eigenvalue weighted by atomic mass is 10.2. The van der Waals surface area contributed by atoms with Gasteiger partial charge in [0.25, 0.3) is 0 Å². The van der Waals surface area contributed by atoms with Crippen LogP contribution in [0, 0.1) is 5.82 Å². The standard InChI is InChI=1S/C25H27FN8O2/c26-20-3-1-2-18(12-20)16-34-23-5-4-21(13-19(23)14-30-34)32-25-22(24(27)28-17-29-25)15-31-36-11-8-33-6-9-35-10-7-33/h1-5,12-15,17H,6-11,16H2,(H3,27,28,29,32). The number of benzene rings is 2. The molecule has 0 aliphatic carbocycles. The molecule has 1 aliphatic heterocycles.